The van der Waals surface area contributed by atoms with Gasteiger partial charge in [0.2, 0.25) is 0 Å². The van der Waals surface area contributed by atoms with Gasteiger partial charge in [-0.3, -0.25) is 0 Å². The molecule has 128 valence electrons. The van der Waals surface area contributed by atoms with E-state index in [2.05, 4.69) is 35.8 Å². The van der Waals surface area contributed by atoms with E-state index in [1.807, 2.05) is 0 Å². The summed E-state index contributed by atoms with van der Waals surface area (Å²) >= 11 is 0. The molecule has 2 aliphatic carbocycles. The molecule has 1 aromatic carbocycles. The van der Waals surface area contributed by atoms with Crippen molar-refractivity contribution >= 4 is 0 Å². The Bertz CT molecular complexity index is 502. The van der Waals surface area contributed by atoms with E-state index in [0.29, 0.717) is 0 Å². The van der Waals surface area contributed by atoms with Gasteiger partial charge in [-0.15, -0.1) is 0 Å². The first-order valence-electron chi connectivity index (χ1n) is 9.34. The van der Waals surface area contributed by atoms with Crippen molar-refractivity contribution in [3.05, 3.63) is 29.3 Å². The molecular weight excluding hydrogens is 284 g/mol. The van der Waals surface area contributed by atoms with Crippen molar-refractivity contribution in [3.8, 4) is 5.75 Å². The number of nitrogens with one attached hydrogen (secondary N) is 2. The van der Waals surface area contributed by atoms with E-state index in [1.54, 1.807) is 7.11 Å². The zero-order chi connectivity index (χ0) is 16.1. The van der Waals surface area contributed by atoms with Crippen LogP contribution in [-0.2, 0) is 6.42 Å². The second kappa shape index (κ2) is 8.16. The zero-order valence-corrected chi connectivity index (χ0v) is 14.7. The molecule has 0 amide bonds. The van der Waals surface area contributed by atoms with Crippen molar-refractivity contribution in [2.24, 2.45) is 11.8 Å². The van der Waals surface area contributed by atoms with Gasteiger partial charge in [-0.25, -0.2) is 0 Å². The molecule has 3 heteroatoms. The number of hydrogen-bond donors (Lipinski definition) is 2. The molecule has 23 heavy (non-hydrogen) atoms. The third-order valence-electron chi connectivity index (χ3n) is 5.72. The standard InChI is InChI=1S/C20H32N2O/c1-15-12-16(6-8-20(15)23-2)4-3-9-21-10-11-22-19-14-17-5-7-18(19)13-17/h6,8,12,17-19,21-22H,3-5,7,9-11,13-14H2,1-2H3. The highest BCUT2D eigenvalue weighted by atomic mass is 16.5. The van der Waals surface area contributed by atoms with Gasteiger partial charge in [0.1, 0.15) is 5.75 Å². The number of ether oxygens (including phenoxy) is 1. The maximum Gasteiger partial charge on any atom is 0.121 e. The first-order chi connectivity index (χ1) is 11.3. The normalized spacial score (nSPS) is 25.9. The van der Waals surface area contributed by atoms with E-state index in [0.717, 1.165) is 49.7 Å². The van der Waals surface area contributed by atoms with Gasteiger partial charge in [0.15, 0.2) is 0 Å². The number of aryl methyl sites for hydroxylation is 2. The molecule has 1 aromatic rings. The molecule has 2 N–H and O–H groups in total. The third-order valence-corrected chi connectivity index (χ3v) is 5.72. The van der Waals surface area contributed by atoms with Gasteiger partial charge in [-0.05, 0) is 74.6 Å². The largest absolute Gasteiger partial charge is 0.496 e. The molecule has 0 radical (unpaired) electrons. The number of rotatable bonds is 9. The summed E-state index contributed by atoms with van der Waals surface area (Å²) in [6.07, 6.45) is 8.22. The van der Waals surface area contributed by atoms with Crippen LogP contribution in [0.4, 0.5) is 0 Å². The van der Waals surface area contributed by atoms with Crippen molar-refractivity contribution in [2.45, 2.75) is 51.5 Å². The van der Waals surface area contributed by atoms with E-state index >= 15 is 0 Å². The molecule has 2 aliphatic rings. The lowest BCUT2D eigenvalue weighted by Crippen LogP contribution is -2.38. The average Bonchev–Trinajstić information content (AvgIpc) is 3.17. The Morgan fingerprint density at radius 2 is 2.04 bits per heavy atom. The summed E-state index contributed by atoms with van der Waals surface area (Å²) in [7, 11) is 1.73. The zero-order valence-electron chi connectivity index (χ0n) is 14.7. The fourth-order valence-electron chi connectivity index (χ4n) is 4.48. The van der Waals surface area contributed by atoms with Crippen molar-refractivity contribution in [3.63, 3.8) is 0 Å². The summed E-state index contributed by atoms with van der Waals surface area (Å²) in [5.41, 5.74) is 2.64. The van der Waals surface area contributed by atoms with Crippen molar-refractivity contribution in [1.82, 2.24) is 10.6 Å². The van der Waals surface area contributed by atoms with Crippen molar-refractivity contribution in [1.29, 1.82) is 0 Å². The smallest absolute Gasteiger partial charge is 0.121 e. The predicted molar refractivity (Wildman–Crippen MR) is 96.2 cm³/mol. The average molecular weight is 316 g/mol. The molecule has 0 aliphatic heterocycles. The van der Waals surface area contributed by atoms with Crippen molar-refractivity contribution in [2.75, 3.05) is 26.7 Å². The lowest BCUT2D eigenvalue weighted by molar-refractivity contribution is 0.351. The van der Waals surface area contributed by atoms with E-state index in [1.165, 1.54) is 43.2 Å². The van der Waals surface area contributed by atoms with E-state index < -0.39 is 0 Å². The van der Waals surface area contributed by atoms with Crippen LogP contribution in [0.25, 0.3) is 0 Å². The van der Waals surface area contributed by atoms with Crippen LogP contribution in [0.2, 0.25) is 0 Å². The molecule has 2 saturated carbocycles. The summed E-state index contributed by atoms with van der Waals surface area (Å²) in [4.78, 5) is 0. The van der Waals surface area contributed by atoms with Gasteiger partial charge >= 0.3 is 0 Å². The van der Waals surface area contributed by atoms with Gasteiger partial charge in [-0.2, -0.15) is 0 Å². The molecular formula is C20H32N2O. The SMILES string of the molecule is COc1ccc(CCCNCCNC2CC3CCC2C3)cc1C. The molecule has 3 atom stereocenters. The Labute approximate surface area is 141 Å². The second-order valence-electron chi connectivity index (χ2n) is 7.39. The number of benzene rings is 1. The lowest BCUT2D eigenvalue weighted by Gasteiger charge is -2.23. The van der Waals surface area contributed by atoms with Crippen molar-refractivity contribution < 1.29 is 4.74 Å². The fraction of sp³-hybridized carbons (Fsp3) is 0.700. The summed E-state index contributed by atoms with van der Waals surface area (Å²) in [6.45, 7) is 5.43. The van der Waals surface area contributed by atoms with Crippen LogP contribution in [0, 0.1) is 18.8 Å². The second-order valence-corrected chi connectivity index (χ2v) is 7.39. The van der Waals surface area contributed by atoms with Crippen LogP contribution >= 0.6 is 0 Å². The molecule has 2 fully saturated rings. The Morgan fingerprint density at radius 1 is 1.13 bits per heavy atom. The van der Waals surface area contributed by atoms with Crippen LogP contribution < -0.4 is 15.4 Å². The van der Waals surface area contributed by atoms with Gasteiger partial charge in [-0.1, -0.05) is 18.6 Å². The van der Waals surface area contributed by atoms with Gasteiger partial charge < -0.3 is 15.4 Å². The lowest BCUT2D eigenvalue weighted by atomic mass is 9.95. The first-order valence-corrected chi connectivity index (χ1v) is 9.34. The van der Waals surface area contributed by atoms with E-state index in [9.17, 15) is 0 Å². The maximum absolute atomic E-state index is 5.31. The van der Waals surface area contributed by atoms with Gasteiger partial charge in [0.05, 0.1) is 7.11 Å². The first kappa shape index (κ1) is 16.8. The Kier molecular flexibility index (Phi) is 5.96. The van der Waals surface area contributed by atoms with Crippen LogP contribution in [0.5, 0.6) is 5.75 Å². The molecule has 0 spiro atoms. The molecule has 0 aromatic heterocycles. The number of hydrogen-bond acceptors (Lipinski definition) is 3. The summed E-state index contributed by atoms with van der Waals surface area (Å²) in [6, 6.07) is 7.33. The quantitative estimate of drug-likeness (QED) is 0.686. The van der Waals surface area contributed by atoms with Crippen LogP contribution in [0.15, 0.2) is 18.2 Å². The van der Waals surface area contributed by atoms with Crippen LogP contribution in [0.3, 0.4) is 0 Å². The van der Waals surface area contributed by atoms with Gasteiger partial charge in [0, 0.05) is 19.1 Å². The number of methoxy groups -OCH3 is 1. The number of fused-ring (bicyclic) bond motifs is 2. The molecule has 2 bridgehead atoms. The highest BCUT2D eigenvalue weighted by molar-refractivity contribution is 5.36. The minimum atomic E-state index is 0.817. The van der Waals surface area contributed by atoms with Crippen LogP contribution in [0.1, 0.15) is 43.2 Å². The topological polar surface area (TPSA) is 33.3 Å². The highest BCUT2D eigenvalue weighted by Crippen LogP contribution is 2.44. The molecule has 0 saturated heterocycles. The minimum absolute atomic E-state index is 0.817. The molecule has 0 heterocycles. The molecule has 3 nitrogen and oxygen atoms in total. The minimum Gasteiger partial charge on any atom is -0.496 e. The monoisotopic (exact) mass is 316 g/mol. The molecule has 3 rings (SSSR count). The van der Waals surface area contributed by atoms with E-state index in [-0.39, 0.29) is 0 Å². The highest BCUT2D eigenvalue weighted by Gasteiger charge is 2.38. The predicted octanol–water partition coefficient (Wildman–Crippen LogP) is 3.30. The van der Waals surface area contributed by atoms with E-state index in [4.69, 9.17) is 4.74 Å². The fourth-order valence-corrected chi connectivity index (χ4v) is 4.48. The van der Waals surface area contributed by atoms with Gasteiger partial charge in [0.25, 0.3) is 0 Å². The third kappa shape index (κ3) is 4.48. The molecule has 3 unspecified atom stereocenters. The summed E-state index contributed by atoms with van der Waals surface area (Å²) in [5, 5.41) is 7.34. The summed E-state index contributed by atoms with van der Waals surface area (Å²) in [5.74, 6) is 3.01. The maximum atomic E-state index is 5.31. The Balaban J connectivity index is 1.24. The Morgan fingerprint density at radius 3 is 2.74 bits per heavy atom. The summed E-state index contributed by atoms with van der Waals surface area (Å²) < 4.78 is 5.31. The Hall–Kier alpha value is -1.06. The van der Waals surface area contributed by atoms with Crippen LogP contribution in [-0.4, -0.2) is 32.8 Å².